The molecule has 0 amide bonds. The lowest BCUT2D eigenvalue weighted by atomic mass is 10.1. The lowest BCUT2D eigenvalue weighted by molar-refractivity contribution is -0.454. The van der Waals surface area contributed by atoms with Gasteiger partial charge in [0.15, 0.2) is 13.2 Å². The van der Waals surface area contributed by atoms with Crippen LogP contribution in [0.25, 0.3) is 10.9 Å². The molecule has 6 rings (SSSR count). The van der Waals surface area contributed by atoms with E-state index < -0.39 is 0 Å². The van der Waals surface area contributed by atoms with Crippen LogP contribution in [0, 0.1) is 6.92 Å². The van der Waals surface area contributed by atoms with Crippen LogP contribution in [0.2, 0.25) is 0 Å². The van der Waals surface area contributed by atoms with Crippen molar-refractivity contribution in [2.45, 2.75) is 20.8 Å². The third-order valence-corrected chi connectivity index (χ3v) is 7.08. The second-order valence-electron chi connectivity index (χ2n) is 9.78. The van der Waals surface area contributed by atoms with Crippen LogP contribution in [0.1, 0.15) is 19.4 Å². The molecule has 9 heteroatoms. The van der Waals surface area contributed by atoms with Crippen LogP contribution in [0.15, 0.2) is 77.6 Å². The number of benzene rings is 2. The molecule has 39 heavy (non-hydrogen) atoms. The quantitative estimate of drug-likeness (QED) is 0.369. The fourth-order valence-electron chi connectivity index (χ4n) is 5.14. The molecule has 0 bridgehead atoms. The van der Waals surface area contributed by atoms with E-state index in [4.69, 9.17) is 9.47 Å². The number of hydrazone groups is 1. The van der Waals surface area contributed by atoms with Gasteiger partial charge in [-0.25, -0.2) is 15.0 Å². The second-order valence-corrected chi connectivity index (χ2v) is 9.78. The molecule has 1 N–H and O–H groups in total. The van der Waals surface area contributed by atoms with Crippen molar-refractivity contribution in [3.8, 4) is 11.5 Å². The molecule has 4 heterocycles. The number of anilines is 2. The number of aryl methyl sites for hydroxylation is 1. The fraction of sp³-hybridized carbons (Fsp3) is 0.267. The number of ether oxygens (including phenoxy) is 2. The summed E-state index contributed by atoms with van der Waals surface area (Å²) >= 11 is 0. The topological polar surface area (TPSA) is 78.1 Å². The Morgan fingerprint density at radius 2 is 2.08 bits per heavy atom. The minimum atomic E-state index is 0.567. The van der Waals surface area contributed by atoms with E-state index in [0.29, 0.717) is 6.61 Å². The van der Waals surface area contributed by atoms with Crippen LogP contribution in [0.5, 0.6) is 11.5 Å². The van der Waals surface area contributed by atoms with Crippen molar-refractivity contribution in [2.24, 2.45) is 5.10 Å². The average molecular weight is 523 g/mol. The summed E-state index contributed by atoms with van der Waals surface area (Å²) in [5, 5.41) is 10.5. The van der Waals surface area contributed by atoms with E-state index in [-0.39, 0.29) is 0 Å². The minimum Gasteiger partial charge on any atom is -0.475 e. The van der Waals surface area contributed by atoms with E-state index in [0.717, 1.165) is 76.2 Å². The maximum absolute atomic E-state index is 6.33. The number of hydrogen-bond acceptors (Lipinski definition) is 8. The molecule has 0 atom stereocenters. The van der Waals surface area contributed by atoms with Crippen molar-refractivity contribution in [3.63, 3.8) is 0 Å². The minimum absolute atomic E-state index is 0.567. The highest BCUT2D eigenvalue weighted by Gasteiger charge is 2.34. The first-order valence-electron chi connectivity index (χ1n) is 13.1. The Morgan fingerprint density at radius 3 is 2.90 bits per heavy atom. The molecule has 9 nitrogen and oxygen atoms in total. The molecular weight excluding hydrogens is 490 g/mol. The number of rotatable bonds is 5. The zero-order valence-electron chi connectivity index (χ0n) is 22.7. The molecule has 3 aromatic rings. The molecular formula is C30H32N7O2+. The summed E-state index contributed by atoms with van der Waals surface area (Å²) in [5.41, 5.74) is 6.06. The molecule has 0 fully saturated rings. The number of hydrogen-bond donors (Lipinski definition) is 1. The Hall–Kier alpha value is -4.50. The van der Waals surface area contributed by atoms with Gasteiger partial charge in [0.05, 0.1) is 29.7 Å². The van der Waals surface area contributed by atoms with Crippen LogP contribution in [0.3, 0.4) is 0 Å². The van der Waals surface area contributed by atoms with Crippen molar-refractivity contribution >= 4 is 40.0 Å². The van der Waals surface area contributed by atoms with E-state index in [2.05, 4.69) is 49.0 Å². The largest absolute Gasteiger partial charge is 0.475 e. The molecule has 198 valence electrons. The smallest absolute Gasteiger partial charge is 0.248 e. The van der Waals surface area contributed by atoms with Crippen molar-refractivity contribution in [2.75, 3.05) is 38.6 Å². The highest BCUT2D eigenvalue weighted by Crippen LogP contribution is 2.41. The summed E-state index contributed by atoms with van der Waals surface area (Å²) in [7, 11) is 2.15. The van der Waals surface area contributed by atoms with Gasteiger partial charge in [-0.1, -0.05) is 6.08 Å². The lowest BCUT2D eigenvalue weighted by Gasteiger charge is -2.27. The van der Waals surface area contributed by atoms with Crippen molar-refractivity contribution < 1.29 is 14.0 Å². The third-order valence-electron chi connectivity index (χ3n) is 7.08. The van der Waals surface area contributed by atoms with Gasteiger partial charge in [0.1, 0.15) is 23.7 Å². The van der Waals surface area contributed by atoms with Gasteiger partial charge in [-0.3, -0.25) is 4.90 Å². The first-order chi connectivity index (χ1) is 19.0. The Labute approximate surface area is 228 Å². The van der Waals surface area contributed by atoms with Crippen molar-refractivity contribution in [3.05, 3.63) is 78.1 Å². The van der Waals surface area contributed by atoms with Crippen LogP contribution < -0.4 is 14.8 Å². The second kappa shape index (κ2) is 10.3. The highest BCUT2D eigenvalue weighted by atomic mass is 16.5. The van der Waals surface area contributed by atoms with Crippen molar-refractivity contribution in [1.29, 1.82) is 0 Å². The summed E-state index contributed by atoms with van der Waals surface area (Å²) < 4.78 is 14.9. The van der Waals surface area contributed by atoms with E-state index in [1.54, 1.807) is 12.5 Å². The summed E-state index contributed by atoms with van der Waals surface area (Å²) in [4.78, 5) is 11.4. The number of nitrogens with zero attached hydrogens (tertiary/aromatic N) is 6. The number of aromatic nitrogens is 2. The van der Waals surface area contributed by atoms with Crippen molar-refractivity contribution in [1.82, 2.24) is 19.9 Å². The van der Waals surface area contributed by atoms with Gasteiger partial charge in [-0.2, -0.15) is 9.68 Å². The Morgan fingerprint density at radius 1 is 1.18 bits per heavy atom. The van der Waals surface area contributed by atoms with E-state index in [1.165, 1.54) is 5.71 Å². The molecule has 0 radical (unpaired) electrons. The van der Waals surface area contributed by atoms with Crippen LogP contribution >= 0.6 is 0 Å². The monoisotopic (exact) mass is 522 g/mol. The lowest BCUT2D eigenvalue weighted by Crippen LogP contribution is -2.45. The predicted octanol–water partition coefficient (Wildman–Crippen LogP) is 5.11. The molecule has 3 aliphatic rings. The van der Waals surface area contributed by atoms with Crippen LogP contribution in [-0.2, 0) is 0 Å². The predicted molar refractivity (Wildman–Crippen MR) is 154 cm³/mol. The maximum Gasteiger partial charge on any atom is 0.248 e. The van der Waals surface area contributed by atoms with Gasteiger partial charge < -0.3 is 14.8 Å². The summed E-state index contributed by atoms with van der Waals surface area (Å²) in [6.45, 7) is 9.34. The fourth-order valence-corrected chi connectivity index (χ4v) is 5.14. The van der Waals surface area contributed by atoms with Gasteiger partial charge in [-0.05, 0) is 63.7 Å². The van der Waals surface area contributed by atoms with E-state index in [1.807, 2.05) is 68.4 Å². The normalized spacial score (nSPS) is 18.3. The Kier molecular flexibility index (Phi) is 6.58. The molecule has 1 aromatic heterocycles. The Bertz CT molecular complexity index is 1600. The molecule has 0 aliphatic carbocycles. The van der Waals surface area contributed by atoms with Gasteiger partial charge in [0, 0.05) is 30.2 Å². The summed E-state index contributed by atoms with van der Waals surface area (Å²) in [5.74, 6) is 3.08. The van der Waals surface area contributed by atoms with Gasteiger partial charge >= 0.3 is 0 Å². The van der Waals surface area contributed by atoms with Gasteiger partial charge in [0.2, 0.25) is 17.1 Å². The van der Waals surface area contributed by atoms with Gasteiger partial charge in [-0.15, -0.1) is 0 Å². The van der Waals surface area contributed by atoms with E-state index in [9.17, 15) is 0 Å². The molecule has 0 saturated carbocycles. The van der Waals surface area contributed by atoms with Gasteiger partial charge in [0.25, 0.3) is 0 Å². The number of likely N-dealkylation sites (N-methyl/N-ethyl adjacent to an activating group) is 1. The highest BCUT2D eigenvalue weighted by molar-refractivity contribution is 6.00. The van der Waals surface area contributed by atoms with Crippen LogP contribution in [-0.4, -0.2) is 69.7 Å². The first-order valence-corrected chi connectivity index (χ1v) is 13.1. The molecule has 0 spiro atoms. The van der Waals surface area contributed by atoms with E-state index >= 15 is 0 Å². The molecule has 3 aliphatic heterocycles. The maximum atomic E-state index is 6.33. The standard InChI is InChI=1S/C30H32N7O2/c1-5-22-16-24(11-12-37(22)33-6-2)39-27-10-7-21(15-20(27)3)34-30-28-25(31-19-32-30)8-9-26-29(28)38-18-23-17-35(4)13-14-36(23)26/h5-12,15-16,19H,13-14,17-18H2,1-4H3,(H,31,32,34)/q+1/b22-5?,33-6-. The molecule has 0 unspecified atom stereocenters. The zero-order chi connectivity index (χ0) is 26.9. The summed E-state index contributed by atoms with van der Waals surface area (Å²) in [6, 6.07) is 10.2. The zero-order valence-corrected chi connectivity index (χ0v) is 22.7. The Balaban J connectivity index is 1.28. The number of nitrogens with one attached hydrogen (secondary N) is 1. The molecule has 0 saturated heterocycles. The van der Waals surface area contributed by atoms with Crippen LogP contribution in [0.4, 0.5) is 17.2 Å². The average Bonchev–Trinajstić information content (AvgIpc) is 2.95. The SMILES string of the molecule is CC=C1C=C(Oc2ccc(Nc3ncnc4ccc5c(c34)OCC3=[N+]5CCN(C)C3)cc2C)C=CN1/N=C\C. The third kappa shape index (κ3) is 4.77. The summed E-state index contributed by atoms with van der Waals surface area (Å²) in [6.07, 6.45) is 11.1. The number of allylic oxidation sites excluding steroid dienone is 3. The number of fused-ring (bicyclic) bond motifs is 4. The molecule has 2 aromatic carbocycles. The first kappa shape index (κ1) is 24.8.